The summed E-state index contributed by atoms with van der Waals surface area (Å²) in [6.07, 6.45) is 2.60. The third-order valence-corrected chi connectivity index (χ3v) is 3.11. The maximum atomic E-state index is 6.19. The van der Waals surface area contributed by atoms with E-state index < -0.39 is 0 Å². The van der Waals surface area contributed by atoms with Crippen molar-refractivity contribution in [2.45, 2.75) is 19.4 Å². The van der Waals surface area contributed by atoms with E-state index in [0.717, 1.165) is 21.8 Å². The highest BCUT2D eigenvalue weighted by Crippen LogP contribution is 2.22. The third-order valence-electron chi connectivity index (χ3n) is 2.76. The Balaban J connectivity index is 2.15. The van der Waals surface area contributed by atoms with Crippen LogP contribution in [0.4, 0.5) is 0 Å². The second-order valence-electron chi connectivity index (χ2n) is 4.32. The number of hydrogen-bond donors (Lipinski definition) is 1. The molecule has 0 saturated carbocycles. The Morgan fingerprint density at radius 2 is 2.18 bits per heavy atom. The highest BCUT2D eigenvalue weighted by atomic mass is 35.5. The van der Waals surface area contributed by atoms with Crippen molar-refractivity contribution in [2.75, 3.05) is 0 Å². The number of halogens is 1. The largest absolute Gasteiger partial charge is 0.322 e. The zero-order valence-corrected chi connectivity index (χ0v) is 10.8. The monoisotopic (exact) mass is 249 g/mol. The lowest BCUT2D eigenvalue weighted by Crippen LogP contribution is -2.14. The van der Waals surface area contributed by atoms with Gasteiger partial charge in [0.05, 0.1) is 11.7 Å². The van der Waals surface area contributed by atoms with Gasteiger partial charge < -0.3 is 5.73 Å². The number of rotatable bonds is 3. The molecule has 0 aliphatic rings. The molecule has 0 fully saturated rings. The van der Waals surface area contributed by atoms with Crippen molar-refractivity contribution < 1.29 is 0 Å². The van der Waals surface area contributed by atoms with E-state index in [4.69, 9.17) is 17.3 Å². The molecule has 0 saturated heterocycles. The summed E-state index contributed by atoms with van der Waals surface area (Å²) in [5.41, 5.74) is 9.23. The van der Waals surface area contributed by atoms with Gasteiger partial charge in [0, 0.05) is 18.3 Å². The van der Waals surface area contributed by atoms with Crippen LogP contribution in [0.25, 0.3) is 0 Å². The van der Waals surface area contributed by atoms with Crippen LogP contribution in [-0.2, 0) is 13.5 Å². The number of aryl methyl sites for hydroxylation is 2. The number of nitrogens with two attached hydrogens (primary N) is 1. The van der Waals surface area contributed by atoms with Gasteiger partial charge in [0.25, 0.3) is 0 Å². The standard InChI is InChI=1S/C13H16ClN3/c1-9-3-4-10(11(14)7-9)8-12(15)13-5-6-17(2)16-13/h3-7,12H,8,15H2,1-2H3. The smallest absolute Gasteiger partial charge is 0.0795 e. The Labute approximate surface area is 106 Å². The SMILES string of the molecule is Cc1ccc(CC(N)c2ccn(C)n2)c(Cl)c1. The van der Waals surface area contributed by atoms with Crippen molar-refractivity contribution in [3.63, 3.8) is 0 Å². The molecule has 1 heterocycles. The van der Waals surface area contributed by atoms with Crippen LogP contribution in [-0.4, -0.2) is 9.78 Å². The highest BCUT2D eigenvalue weighted by molar-refractivity contribution is 6.31. The first kappa shape index (κ1) is 12.1. The van der Waals surface area contributed by atoms with Crippen LogP contribution >= 0.6 is 11.6 Å². The molecule has 17 heavy (non-hydrogen) atoms. The van der Waals surface area contributed by atoms with Crippen molar-refractivity contribution in [3.05, 3.63) is 52.3 Å². The summed E-state index contributed by atoms with van der Waals surface area (Å²) in [7, 11) is 1.88. The molecule has 0 radical (unpaired) electrons. The Bertz CT molecular complexity index is 519. The summed E-state index contributed by atoms with van der Waals surface area (Å²) in [6, 6.07) is 7.86. The van der Waals surface area contributed by atoms with E-state index in [1.807, 2.05) is 44.4 Å². The number of nitrogens with zero attached hydrogens (tertiary/aromatic N) is 2. The van der Waals surface area contributed by atoms with Crippen LogP contribution in [0.15, 0.2) is 30.5 Å². The molecule has 0 bridgehead atoms. The lowest BCUT2D eigenvalue weighted by molar-refractivity contribution is 0.657. The topological polar surface area (TPSA) is 43.8 Å². The number of aromatic nitrogens is 2. The number of benzene rings is 1. The maximum absolute atomic E-state index is 6.19. The minimum atomic E-state index is -0.114. The van der Waals surface area contributed by atoms with E-state index in [9.17, 15) is 0 Å². The molecule has 1 aromatic carbocycles. The first-order valence-electron chi connectivity index (χ1n) is 5.56. The molecule has 90 valence electrons. The van der Waals surface area contributed by atoms with Crippen LogP contribution in [0.5, 0.6) is 0 Å². The van der Waals surface area contributed by atoms with E-state index in [2.05, 4.69) is 5.10 Å². The highest BCUT2D eigenvalue weighted by Gasteiger charge is 2.11. The summed E-state index contributed by atoms with van der Waals surface area (Å²) < 4.78 is 1.76. The van der Waals surface area contributed by atoms with Crippen molar-refractivity contribution >= 4 is 11.6 Å². The fourth-order valence-corrected chi connectivity index (χ4v) is 2.10. The van der Waals surface area contributed by atoms with Gasteiger partial charge in [-0.15, -0.1) is 0 Å². The molecule has 1 atom stereocenters. The van der Waals surface area contributed by atoms with Crippen molar-refractivity contribution in [3.8, 4) is 0 Å². The summed E-state index contributed by atoms with van der Waals surface area (Å²) in [5.74, 6) is 0. The lowest BCUT2D eigenvalue weighted by Gasteiger charge is -2.10. The molecule has 2 N–H and O–H groups in total. The first-order valence-corrected chi connectivity index (χ1v) is 5.94. The Morgan fingerprint density at radius 1 is 1.41 bits per heavy atom. The van der Waals surface area contributed by atoms with Gasteiger partial charge in [-0.25, -0.2) is 0 Å². The molecule has 4 heteroatoms. The fraction of sp³-hybridized carbons (Fsp3) is 0.308. The molecular weight excluding hydrogens is 234 g/mol. The van der Waals surface area contributed by atoms with E-state index in [0.29, 0.717) is 6.42 Å². The molecule has 0 aliphatic carbocycles. The van der Waals surface area contributed by atoms with Gasteiger partial charge in [-0.2, -0.15) is 5.10 Å². The molecule has 0 spiro atoms. The Hall–Kier alpha value is -1.32. The molecule has 1 unspecified atom stereocenters. The molecule has 3 nitrogen and oxygen atoms in total. The zero-order chi connectivity index (χ0) is 12.4. The van der Waals surface area contributed by atoms with E-state index in [-0.39, 0.29) is 6.04 Å². The molecule has 2 aromatic rings. The summed E-state index contributed by atoms with van der Waals surface area (Å²) in [5, 5.41) is 5.08. The molecule has 0 aliphatic heterocycles. The average molecular weight is 250 g/mol. The van der Waals surface area contributed by atoms with E-state index in [1.54, 1.807) is 4.68 Å². The number of hydrogen-bond acceptors (Lipinski definition) is 2. The van der Waals surface area contributed by atoms with Gasteiger partial charge in [-0.05, 0) is 36.6 Å². The normalized spacial score (nSPS) is 12.7. The van der Waals surface area contributed by atoms with Gasteiger partial charge in [0.2, 0.25) is 0 Å². The zero-order valence-electron chi connectivity index (χ0n) is 10.0. The Kier molecular flexibility index (Phi) is 3.50. The summed E-state index contributed by atoms with van der Waals surface area (Å²) in [4.78, 5) is 0. The van der Waals surface area contributed by atoms with Gasteiger partial charge in [-0.3, -0.25) is 4.68 Å². The van der Waals surface area contributed by atoms with Crippen LogP contribution in [0.3, 0.4) is 0 Å². The van der Waals surface area contributed by atoms with Crippen molar-refractivity contribution in [1.29, 1.82) is 0 Å². The predicted octanol–water partition coefficient (Wildman–Crippen LogP) is 2.62. The van der Waals surface area contributed by atoms with Crippen molar-refractivity contribution in [1.82, 2.24) is 9.78 Å². The predicted molar refractivity (Wildman–Crippen MR) is 70.0 cm³/mol. The first-order chi connectivity index (χ1) is 8.06. The summed E-state index contributed by atoms with van der Waals surface area (Å²) in [6.45, 7) is 2.02. The van der Waals surface area contributed by atoms with Crippen LogP contribution in [0.1, 0.15) is 22.9 Å². The van der Waals surface area contributed by atoms with Crippen LogP contribution < -0.4 is 5.73 Å². The minimum absolute atomic E-state index is 0.114. The van der Waals surface area contributed by atoms with E-state index in [1.165, 1.54) is 0 Å². The average Bonchev–Trinajstić information content (AvgIpc) is 2.69. The van der Waals surface area contributed by atoms with Crippen molar-refractivity contribution in [2.24, 2.45) is 12.8 Å². The maximum Gasteiger partial charge on any atom is 0.0795 e. The quantitative estimate of drug-likeness (QED) is 0.909. The van der Waals surface area contributed by atoms with Crippen LogP contribution in [0.2, 0.25) is 5.02 Å². The van der Waals surface area contributed by atoms with Gasteiger partial charge in [0.15, 0.2) is 0 Å². The molecule has 2 rings (SSSR count). The molecule has 1 aromatic heterocycles. The van der Waals surface area contributed by atoms with E-state index >= 15 is 0 Å². The fourth-order valence-electron chi connectivity index (χ4n) is 1.79. The second-order valence-corrected chi connectivity index (χ2v) is 4.73. The third kappa shape index (κ3) is 2.87. The molecular formula is C13H16ClN3. The lowest BCUT2D eigenvalue weighted by atomic mass is 10.0. The Morgan fingerprint density at radius 3 is 2.76 bits per heavy atom. The van der Waals surface area contributed by atoms with Gasteiger partial charge in [0.1, 0.15) is 0 Å². The van der Waals surface area contributed by atoms with Gasteiger partial charge >= 0.3 is 0 Å². The summed E-state index contributed by atoms with van der Waals surface area (Å²) >= 11 is 6.19. The minimum Gasteiger partial charge on any atom is -0.322 e. The van der Waals surface area contributed by atoms with Crippen LogP contribution in [0, 0.1) is 6.92 Å². The van der Waals surface area contributed by atoms with Gasteiger partial charge in [-0.1, -0.05) is 23.7 Å². The molecule has 0 amide bonds. The second kappa shape index (κ2) is 4.90.